The van der Waals surface area contributed by atoms with E-state index in [0.29, 0.717) is 10.2 Å². The fourth-order valence-corrected chi connectivity index (χ4v) is 5.82. The van der Waals surface area contributed by atoms with Crippen molar-refractivity contribution >= 4 is 41.7 Å². The second-order valence-corrected chi connectivity index (χ2v) is 9.42. The lowest BCUT2D eigenvalue weighted by Gasteiger charge is -2.45. The molecular formula is C19H36IN3OS. The second-order valence-electron chi connectivity index (χ2n) is 7.86. The zero-order valence-corrected chi connectivity index (χ0v) is 19.2. The maximum absolute atomic E-state index is 5.56. The highest BCUT2D eigenvalue weighted by Gasteiger charge is 2.43. The highest BCUT2D eigenvalue weighted by Crippen LogP contribution is 2.48. The van der Waals surface area contributed by atoms with Crippen LogP contribution in [-0.4, -0.2) is 61.3 Å². The number of rotatable bonds is 6. The van der Waals surface area contributed by atoms with Crippen molar-refractivity contribution in [3.63, 3.8) is 0 Å². The molecule has 25 heavy (non-hydrogen) atoms. The van der Waals surface area contributed by atoms with Gasteiger partial charge in [0.15, 0.2) is 5.96 Å². The summed E-state index contributed by atoms with van der Waals surface area (Å²) in [7, 11) is 1.94. The van der Waals surface area contributed by atoms with E-state index in [1.807, 2.05) is 7.05 Å². The van der Waals surface area contributed by atoms with Crippen LogP contribution in [0.25, 0.3) is 0 Å². The van der Waals surface area contributed by atoms with E-state index in [1.54, 1.807) is 0 Å². The smallest absolute Gasteiger partial charge is 0.193 e. The van der Waals surface area contributed by atoms with E-state index in [0.717, 1.165) is 32.3 Å². The molecule has 0 radical (unpaired) electrons. The maximum atomic E-state index is 5.56. The van der Waals surface area contributed by atoms with E-state index in [-0.39, 0.29) is 24.0 Å². The van der Waals surface area contributed by atoms with E-state index in [1.165, 1.54) is 63.7 Å². The fourth-order valence-electron chi connectivity index (χ4n) is 4.25. The summed E-state index contributed by atoms with van der Waals surface area (Å²) in [5.74, 6) is 2.37. The van der Waals surface area contributed by atoms with Gasteiger partial charge >= 0.3 is 0 Å². The third-order valence-corrected chi connectivity index (χ3v) is 7.62. The van der Waals surface area contributed by atoms with Gasteiger partial charge in [-0.15, -0.1) is 24.0 Å². The molecule has 0 amide bonds. The van der Waals surface area contributed by atoms with Gasteiger partial charge in [-0.05, 0) is 44.4 Å². The molecule has 0 bridgehead atoms. The molecule has 0 atom stereocenters. The van der Waals surface area contributed by atoms with Crippen molar-refractivity contribution in [1.82, 2.24) is 10.2 Å². The Kier molecular flexibility index (Phi) is 8.66. The van der Waals surface area contributed by atoms with Crippen LogP contribution in [0, 0.1) is 5.41 Å². The number of nitrogens with one attached hydrogen (secondary N) is 1. The Balaban J connectivity index is 0.00000225. The van der Waals surface area contributed by atoms with Crippen molar-refractivity contribution in [2.75, 3.05) is 45.6 Å². The highest BCUT2D eigenvalue weighted by atomic mass is 127. The Morgan fingerprint density at radius 2 is 1.96 bits per heavy atom. The lowest BCUT2D eigenvalue weighted by Crippen LogP contribution is -2.54. The van der Waals surface area contributed by atoms with Gasteiger partial charge in [-0.1, -0.05) is 19.3 Å². The number of ether oxygens (including phenoxy) is 1. The summed E-state index contributed by atoms with van der Waals surface area (Å²) >= 11 is 2.23. The molecule has 1 N–H and O–H groups in total. The minimum absolute atomic E-state index is 0. The molecule has 146 valence electrons. The summed E-state index contributed by atoms with van der Waals surface area (Å²) in [6, 6.07) is 0. The standard InChI is InChI=1S/C19H35N3OS.HI/c1-3-23-13-11-18(9-10-18)15-21-17(20-2)22-12-14-24-19(16-22)7-5-4-6-8-19;/h3-16H2,1-2H3,(H,20,21);1H. The van der Waals surface area contributed by atoms with Gasteiger partial charge in [0.25, 0.3) is 0 Å². The Morgan fingerprint density at radius 3 is 2.60 bits per heavy atom. The summed E-state index contributed by atoms with van der Waals surface area (Å²) in [4.78, 5) is 7.14. The molecule has 4 nitrogen and oxygen atoms in total. The van der Waals surface area contributed by atoms with Crippen LogP contribution in [0.1, 0.15) is 58.3 Å². The molecule has 1 spiro atoms. The van der Waals surface area contributed by atoms with Gasteiger partial charge in [0, 0.05) is 50.4 Å². The van der Waals surface area contributed by atoms with Crippen LogP contribution in [0.2, 0.25) is 0 Å². The number of halogens is 1. The average Bonchev–Trinajstić information content (AvgIpc) is 3.37. The predicted molar refractivity (Wildman–Crippen MR) is 119 cm³/mol. The molecule has 3 rings (SSSR count). The molecule has 1 saturated heterocycles. The van der Waals surface area contributed by atoms with Crippen molar-refractivity contribution in [2.24, 2.45) is 10.4 Å². The number of guanidine groups is 1. The summed E-state index contributed by atoms with van der Waals surface area (Å²) in [5, 5.41) is 3.70. The van der Waals surface area contributed by atoms with Crippen LogP contribution in [0.3, 0.4) is 0 Å². The van der Waals surface area contributed by atoms with Gasteiger partial charge in [0.2, 0.25) is 0 Å². The number of nitrogens with zero attached hydrogens (tertiary/aromatic N) is 2. The van der Waals surface area contributed by atoms with Crippen molar-refractivity contribution in [3.05, 3.63) is 0 Å². The van der Waals surface area contributed by atoms with Crippen molar-refractivity contribution in [1.29, 1.82) is 0 Å². The molecule has 2 aliphatic carbocycles. The summed E-state index contributed by atoms with van der Waals surface area (Å²) in [5.41, 5.74) is 0.470. The highest BCUT2D eigenvalue weighted by molar-refractivity contribution is 14.0. The van der Waals surface area contributed by atoms with E-state index < -0.39 is 0 Å². The summed E-state index contributed by atoms with van der Waals surface area (Å²) in [6.45, 7) is 7.19. The largest absolute Gasteiger partial charge is 0.382 e. The lowest BCUT2D eigenvalue weighted by molar-refractivity contribution is 0.128. The first-order valence-electron chi connectivity index (χ1n) is 9.88. The fraction of sp³-hybridized carbons (Fsp3) is 0.947. The van der Waals surface area contributed by atoms with E-state index in [4.69, 9.17) is 4.74 Å². The lowest BCUT2D eigenvalue weighted by atomic mass is 9.87. The third-order valence-electron chi connectivity index (χ3n) is 6.08. The van der Waals surface area contributed by atoms with Crippen LogP contribution in [-0.2, 0) is 4.74 Å². The van der Waals surface area contributed by atoms with Crippen LogP contribution >= 0.6 is 35.7 Å². The predicted octanol–water partition coefficient (Wildman–Crippen LogP) is 4.14. The molecule has 0 aromatic heterocycles. The van der Waals surface area contributed by atoms with Crippen LogP contribution < -0.4 is 5.32 Å². The normalized spacial score (nSPS) is 24.7. The first-order valence-corrected chi connectivity index (χ1v) is 10.9. The molecule has 0 unspecified atom stereocenters. The Bertz CT molecular complexity index is 431. The van der Waals surface area contributed by atoms with Gasteiger partial charge in [-0.2, -0.15) is 11.8 Å². The Labute approximate surface area is 175 Å². The number of aliphatic imine (C=N–C) groups is 1. The molecule has 3 fully saturated rings. The van der Waals surface area contributed by atoms with Gasteiger partial charge in [-0.25, -0.2) is 0 Å². The van der Waals surface area contributed by atoms with E-state index in [9.17, 15) is 0 Å². The topological polar surface area (TPSA) is 36.9 Å². The van der Waals surface area contributed by atoms with E-state index in [2.05, 4.69) is 33.9 Å². The molecule has 2 saturated carbocycles. The first kappa shape index (κ1) is 21.6. The minimum atomic E-state index is 0. The average molecular weight is 481 g/mol. The Morgan fingerprint density at radius 1 is 1.20 bits per heavy atom. The maximum Gasteiger partial charge on any atom is 0.193 e. The molecule has 0 aromatic carbocycles. The number of hydrogen-bond donors (Lipinski definition) is 1. The van der Waals surface area contributed by atoms with Gasteiger partial charge in [0.1, 0.15) is 0 Å². The zero-order chi connectivity index (χ0) is 16.9. The van der Waals surface area contributed by atoms with Gasteiger partial charge < -0.3 is 15.0 Å². The molecule has 1 aliphatic heterocycles. The third kappa shape index (κ3) is 5.89. The first-order chi connectivity index (χ1) is 11.7. The molecular weight excluding hydrogens is 445 g/mol. The van der Waals surface area contributed by atoms with Crippen LogP contribution in [0.4, 0.5) is 0 Å². The quantitative estimate of drug-likeness (QED) is 0.268. The second kappa shape index (κ2) is 10.0. The van der Waals surface area contributed by atoms with Crippen molar-refractivity contribution < 1.29 is 4.74 Å². The molecule has 3 aliphatic rings. The zero-order valence-electron chi connectivity index (χ0n) is 16.0. The van der Waals surface area contributed by atoms with Crippen molar-refractivity contribution in [2.45, 2.75) is 63.0 Å². The van der Waals surface area contributed by atoms with E-state index >= 15 is 0 Å². The van der Waals surface area contributed by atoms with Crippen LogP contribution in [0.5, 0.6) is 0 Å². The molecule has 1 heterocycles. The Hall–Kier alpha value is 0.310. The van der Waals surface area contributed by atoms with Crippen molar-refractivity contribution in [3.8, 4) is 0 Å². The monoisotopic (exact) mass is 481 g/mol. The summed E-state index contributed by atoms with van der Waals surface area (Å²) in [6.07, 6.45) is 10.9. The SMILES string of the molecule is CCOCCC1(CNC(=NC)N2CCSC3(CCCCC3)C2)CC1.I. The minimum Gasteiger partial charge on any atom is -0.382 e. The van der Waals surface area contributed by atoms with Crippen LogP contribution in [0.15, 0.2) is 4.99 Å². The number of hydrogen-bond acceptors (Lipinski definition) is 3. The molecule has 0 aromatic rings. The van der Waals surface area contributed by atoms with Gasteiger partial charge in [-0.3, -0.25) is 4.99 Å². The molecule has 6 heteroatoms. The number of thioether (sulfide) groups is 1. The summed E-state index contributed by atoms with van der Waals surface area (Å²) < 4.78 is 6.06. The van der Waals surface area contributed by atoms with Gasteiger partial charge in [0.05, 0.1) is 0 Å².